The highest BCUT2D eigenvalue weighted by Crippen LogP contribution is 2.32. The summed E-state index contributed by atoms with van der Waals surface area (Å²) >= 11 is 5.00. The molecular formula is C12H9BrN2OS. The molecule has 2 aromatic heterocycles. The van der Waals surface area contributed by atoms with E-state index in [9.17, 15) is 4.79 Å². The van der Waals surface area contributed by atoms with Crippen LogP contribution in [-0.4, -0.2) is 15.8 Å². The number of aryl methyl sites for hydroxylation is 1. The van der Waals surface area contributed by atoms with Crippen LogP contribution in [0, 0.1) is 0 Å². The summed E-state index contributed by atoms with van der Waals surface area (Å²) < 4.78 is 0.925. The number of rotatable bonds is 1. The van der Waals surface area contributed by atoms with E-state index in [0.717, 1.165) is 32.8 Å². The van der Waals surface area contributed by atoms with Crippen molar-refractivity contribution in [2.75, 3.05) is 0 Å². The lowest BCUT2D eigenvalue weighted by Gasteiger charge is -2.06. The summed E-state index contributed by atoms with van der Waals surface area (Å²) in [6.07, 6.45) is 6.07. The average molecular weight is 309 g/mol. The van der Waals surface area contributed by atoms with Crippen LogP contribution in [0.2, 0.25) is 0 Å². The van der Waals surface area contributed by atoms with E-state index in [0.29, 0.717) is 12.1 Å². The molecule has 0 aliphatic heterocycles. The van der Waals surface area contributed by atoms with Crippen LogP contribution in [0.5, 0.6) is 0 Å². The highest BCUT2D eigenvalue weighted by Gasteiger charge is 2.22. The maximum atomic E-state index is 11.7. The van der Waals surface area contributed by atoms with Crippen molar-refractivity contribution < 1.29 is 4.79 Å². The van der Waals surface area contributed by atoms with Crippen molar-refractivity contribution in [3.05, 3.63) is 33.5 Å². The molecule has 3 nitrogen and oxygen atoms in total. The molecule has 17 heavy (non-hydrogen) atoms. The average Bonchev–Trinajstić information content (AvgIpc) is 2.74. The van der Waals surface area contributed by atoms with Gasteiger partial charge in [0.15, 0.2) is 5.78 Å². The number of carbonyl (C=O) groups is 1. The summed E-state index contributed by atoms with van der Waals surface area (Å²) in [4.78, 5) is 21.4. The van der Waals surface area contributed by atoms with Gasteiger partial charge in [0.1, 0.15) is 10.7 Å². The quantitative estimate of drug-likeness (QED) is 0.810. The maximum absolute atomic E-state index is 11.7. The van der Waals surface area contributed by atoms with Crippen molar-refractivity contribution in [2.45, 2.75) is 19.3 Å². The van der Waals surface area contributed by atoms with E-state index >= 15 is 0 Å². The fourth-order valence-electron chi connectivity index (χ4n) is 1.92. The first-order valence-electron chi connectivity index (χ1n) is 5.38. The number of aromatic nitrogens is 2. The molecule has 0 fully saturated rings. The predicted molar refractivity (Wildman–Crippen MR) is 70.3 cm³/mol. The van der Waals surface area contributed by atoms with E-state index in [1.54, 1.807) is 23.7 Å². The van der Waals surface area contributed by atoms with Gasteiger partial charge in [-0.15, -0.1) is 11.3 Å². The minimum atomic E-state index is 0.178. The molecule has 0 saturated carbocycles. The molecule has 0 amide bonds. The van der Waals surface area contributed by atoms with Gasteiger partial charge in [-0.05, 0) is 34.8 Å². The Balaban J connectivity index is 2.08. The molecule has 2 heterocycles. The van der Waals surface area contributed by atoms with Crippen LogP contribution >= 0.6 is 27.3 Å². The molecule has 0 aromatic carbocycles. The van der Waals surface area contributed by atoms with Gasteiger partial charge in [-0.3, -0.25) is 9.78 Å². The highest BCUT2D eigenvalue weighted by molar-refractivity contribution is 9.10. The second-order valence-electron chi connectivity index (χ2n) is 3.96. The van der Waals surface area contributed by atoms with Gasteiger partial charge < -0.3 is 0 Å². The van der Waals surface area contributed by atoms with Crippen molar-refractivity contribution in [1.82, 2.24) is 9.97 Å². The number of carbonyl (C=O) groups excluding carboxylic acids is 1. The first kappa shape index (κ1) is 11.0. The molecule has 86 valence electrons. The van der Waals surface area contributed by atoms with Crippen LogP contribution in [0.25, 0.3) is 10.6 Å². The Morgan fingerprint density at radius 1 is 1.29 bits per heavy atom. The molecule has 5 heteroatoms. The van der Waals surface area contributed by atoms with Gasteiger partial charge >= 0.3 is 0 Å². The van der Waals surface area contributed by atoms with E-state index in [4.69, 9.17) is 0 Å². The smallest absolute Gasteiger partial charge is 0.182 e. The fraction of sp³-hybridized carbons (Fsp3) is 0.250. The number of Topliss-reactive ketones (excluding diaryl/α,β-unsaturated/α-hetero) is 1. The number of pyridine rings is 1. The number of hydrogen-bond acceptors (Lipinski definition) is 4. The third kappa shape index (κ3) is 2.05. The van der Waals surface area contributed by atoms with E-state index in [1.165, 1.54) is 0 Å². The molecule has 0 radical (unpaired) electrons. The van der Waals surface area contributed by atoms with Crippen LogP contribution < -0.4 is 0 Å². The van der Waals surface area contributed by atoms with E-state index in [2.05, 4.69) is 25.9 Å². The Morgan fingerprint density at radius 3 is 2.94 bits per heavy atom. The van der Waals surface area contributed by atoms with Crippen LogP contribution in [0.3, 0.4) is 0 Å². The standard InChI is InChI=1S/C12H9BrN2OS/c13-8-4-7(5-14-6-8)12-15-11-9(16)2-1-3-10(11)17-12/h4-6H,1-3H2. The van der Waals surface area contributed by atoms with Gasteiger partial charge in [0, 0.05) is 33.7 Å². The predicted octanol–water partition coefficient (Wildman–Crippen LogP) is 3.49. The first-order valence-corrected chi connectivity index (χ1v) is 6.99. The number of ketones is 1. The maximum Gasteiger partial charge on any atom is 0.182 e. The normalized spacial score (nSPS) is 14.8. The van der Waals surface area contributed by atoms with E-state index in [1.807, 2.05) is 6.07 Å². The van der Waals surface area contributed by atoms with Crippen LogP contribution in [-0.2, 0) is 6.42 Å². The van der Waals surface area contributed by atoms with Crippen molar-refractivity contribution in [1.29, 1.82) is 0 Å². The Labute approximate surface area is 111 Å². The number of halogens is 1. The molecule has 0 saturated heterocycles. The summed E-state index contributed by atoms with van der Waals surface area (Å²) in [5, 5.41) is 0.888. The van der Waals surface area contributed by atoms with Gasteiger partial charge in [-0.25, -0.2) is 4.98 Å². The summed E-state index contributed by atoms with van der Waals surface area (Å²) in [6, 6.07) is 1.97. The largest absolute Gasteiger partial charge is 0.292 e. The molecule has 0 N–H and O–H groups in total. The Morgan fingerprint density at radius 2 is 2.18 bits per heavy atom. The molecule has 1 aliphatic carbocycles. The van der Waals surface area contributed by atoms with Crippen molar-refractivity contribution in [3.63, 3.8) is 0 Å². The Kier molecular flexibility index (Phi) is 2.80. The van der Waals surface area contributed by atoms with Gasteiger partial charge in [-0.2, -0.15) is 0 Å². The van der Waals surface area contributed by atoms with Gasteiger partial charge in [0.25, 0.3) is 0 Å². The number of fused-ring (bicyclic) bond motifs is 1. The topological polar surface area (TPSA) is 42.9 Å². The van der Waals surface area contributed by atoms with Crippen molar-refractivity contribution in [2.24, 2.45) is 0 Å². The van der Waals surface area contributed by atoms with Crippen LogP contribution in [0.15, 0.2) is 22.9 Å². The zero-order valence-electron chi connectivity index (χ0n) is 8.94. The molecule has 2 aromatic rings. The highest BCUT2D eigenvalue weighted by atomic mass is 79.9. The lowest BCUT2D eigenvalue weighted by atomic mass is 10.0. The zero-order chi connectivity index (χ0) is 11.8. The van der Waals surface area contributed by atoms with Crippen LogP contribution in [0.4, 0.5) is 0 Å². The number of thiazole rings is 1. The molecule has 3 rings (SSSR count). The first-order chi connectivity index (χ1) is 8.24. The summed E-state index contributed by atoms with van der Waals surface area (Å²) in [6.45, 7) is 0. The molecule has 0 bridgehead atoms. The SMILES string of the molecule is O=C1CCCc2sc(-c3cncc(Br)c3)nc21. The molecule has 0 unspecified atom stereocenters. The van der Waals surface area contributed by atoms with Gasteiger partial charge in [0.2, 0.25) is 0 Å². The fourth-order valence-corrected chi connectivity index (χ4v) is 3.39. The Bertz CT molecular complexity index is 594. The number of hydrogen-bond donors (Lipinski definition) is 0. The molecule has 0 atom stereocenters. The zero-order valence-corrected chi connectivity index (χ0v) is 11.3. The molecule has 0 spiro atoms. The third-order valence-corrected chi connectivity index (χ3v) is 4.32. The summed E-state index contributed by atoms with van der Waals surface area (Å²) in [5.41, 5.74) is 1.64. The van der Waals surface area contributed by atoms with Crippen molar-refractivity contribution in [3.8, 4) is 10.6 Å². The summed E-state index contributed by atoms with van der Waals surface area (Å²) in [5.74, 6) is 0.178. The van der Waals surface area contributed by atoms with E-state index < -0.39 is 0 Å². The monoisotopic (exact) mass is 308 g/mol. The third-order valence-electron chi connectivity index (χ3n) is 2.72. The molecular weight excluding hydrogens is 300 g/mol. The lowest BCUT2D eigenvalue weighted by Crippen LogP contribution is -2.08. The van der Waals surface area contributed by atoms with E-state index in [-0.39, 0.29) is 5.78 Å². The second-order valence-corrected chi connectivity index (χ2v) is 5.96. The lowest BCUT2D eigenvalue weighted by molar-refractivity contribution is 0.0968. The van der Waals surface area contributed by atoms with Gasteiger partial charge in [0.05, 0.1) is 0 Å². The summed E-state index contributed by atoms with van der Waals surface area (Å²) in [7, 11) is 0. The second kappa shape index (κ2) is 4.31. The van der Waals surface area contributed by atoms with Crippen molar-refractivity contribution >= 4 is 33.0 Å². The Hall–Kier alpha value is -1.07. The molecule has 1 aliphatic rings. The minimum Gasteiger partial charge on any atom is -0.292 e. The number of nitrogens with zero attached hydrogens (tertiary/aromatic N) is 2. The van der Waals surface area contributed by atoms with Gasteiger partial charge in [-0.1, -0.05) is 0 Å². The van der Waals surface area contributed by atoms with Crippen LogP contribution in [0.1, 0.15) is 28.2 Å². The minimum absolute atomic E-state index is 0.178.